The summed E-state index contributed by atoms with van der Waals surface area (Å²) in [6.45, 7) is 1.87. The highest BCUT2D eigenvalue weighted by Crippen LogP contribution is 2.32. The molecule has 0 aliphatic rings. The van der Waals surface area contributed by atoms with Crippen molar-refractivity contribution in [2.24, 2.45) is 12.8 Å². The molecule has 132 valence electrons. The van der Waals surface area contributed by atoms with Gasteiger partial charge in [0.2, 0.25) is 0 Å². The molecule has 0 aliphatic carbocycles. The third-order valence-electron chi connectivity index (χ3n) is 4.26. The van der Waals surface area contributed by atoms with Crippen molar-refractivity contribution in [3.05, 3.63) is 47.2 Å². The molecule has 1 aromatic carbocycles. The molecule has 3 rings (SSSR count). The zero-order chi connectivity index (χ0) is 19.0. The summed E-state index contributed by atoms with van der Waals surface area (Å²) in [5.41, 5.74) is 7.74. The summed E-state index contributed by atoms with van der Waals surface area (Å²) in [4.78, 5) is 21.8. The van der Waals surface area contributed by atoms with E-state index in [0.29, 0.717) is 34.5 Å². The maximum absolute atomic E-state index is 14.7. The molecule has 7 nitrogen and oxygen atoms in total. The molecule has 0 spiro atoms. The molecule has 3 aromatic rings. The fourth-order valence-electron chi connectivity index (χ4n) is 2.94. The number of halogens is 1. The van der Waals surface area contributed by atoms with Crippen LogP contribution >= 0.6 is 0 Å². The number of aryl methyl sites for hydroxylation is 2. The summed E-state index contributed by atoms with van der Waals surface area (Å²) in [7, 11) is 3.43. The number of carbonyl (C=O) groups is 1. The second-order valence-corrected chi connectivity index (χ2v) is 5.91. The Bertz CT molecular complexity index is 1070. The van der Waals surface area contributed by atoms with Crippen LogP contribution in [-0.4, -0.2) is 27.5 Å². The number of amides is 1. The van der Waals surface area contributed by atoms with Gasteiger partial charge in [-0.2, -0.15) is 5.26 Å². The summed E-state index contributed by atoms with van der Waals surface area (Å²) < 4.78 is 16.4. The molecule has 0 bridgehead atoms. The van der Waals surface area contributed by atoms with Crippen molar-refractivity contribution in [1.29, 1.82) is 5.26 Å². The fraction of sp³-hybridized carbons (Fsp3) is 0.222. The van der Waals surface area contributed by atoms with Gasteiger partial charge >= 0.3 is 0 Å². The lowest BCUT2D eigenvalue weighted by molar-refractivity contribution is 0.0997. The molecule has 26 heavy (non-hydrogen) atoms. The summed E-state index contributed by atoms with van der Waals surface area (Å²) in [6, 6.07) is 6.50. The van der Waals surface area contributed by atoms with Crippen molar-refractivity contribution in [2.75, 3.05) is 11.9 Å². The van der Waals surface area contributed by atoms with Gasteiger partial charge in [0.1, 0.15) is 17.2 Å². The van der Waals surface area contributed by atoms with E-state index in [1.54, 1.807) is 42.0 Å². The topological polar surface area (TPSA) is 101 Å². The van der Waals surface area contributed by atoms with E-state index in [4.69, 9.17) is 11.0 Å². The number of pyridine rings is 1. The zero-order valence-corrected chi connectivity index (χ0v) is 14.6. The Morgan fingerprint density at radius 2 is 2.15 bits per heavy atom. The van der Waals surface area contributed by atoms with Crippen molar-refractivity contribution in [3.8, 4) is 6.07 Å². The van der Waals surface area contributed by atoms with Crippen LogP contribution in [-0.2, 0) is 13.5 Å². The van der Waals surface area contributed by atoms with Crippen LogP contribution in [0.15, 0.2) is 24.5 Å². The predicted molar refractivity (Wildman–Crippen MR) is 95.6 cm³/mol. The van der Waals surface area contributed by atoms with E-state index >= 15 is 0 Å². The van der Waals surface area contributed by atoms with Crippen LogP contribution in [0.25, 0.3) is 11.0 Å². The molecule has 1 amide bonds. The Hall–Kier alpha value is -3.47. The highest BCUT2D eigenvalue weighted by molar-refractivity contribution is 6.03. The lowest BCUT2D eigenvalue weighted by Gasteiger charge is -2.23. The molecule has 0 unspecified atom stereocenters. The molecule has 0 saturated carbocycles. The van der Waals surface area contributed by atoms with E-state index in [9.17, 15) is 9.18 Å². The number of imidazole rings is 1. The van der Waals surface area contributed by atoms with Crippen LogP contribution in [0.3, 0.4) is 0 Å². The SMILES string of the molecule is CCc1cc(C#N)cc(F)c1N(C)c1cc2c(ncn2C)c(C(N)=O)n1. The first kappa shape index (κ1) is 17.4. The largest absolute Gasteiger partial charge is 0.364 e. The van der Waals surface area contributed by atoms with Crippen molar-refractivity contribution in [1.82, 2.24) is 14.5 Å². The molecular weight excluding hydrogens is 335 g/mol. The van der Waals surface area contributed by atoms with Crippen molar-refractivity contribution < 1.29 is 9.18 Å². The van der Waals surface area contributed by atoms with E-state index in [-0.39, 0.29) is 11.3 Å². The van der Waals surface area contributed by atoms with E-state index in [1.165, 1.54) is 6.07 Å². The Balaban J connectivity index is 2.23. The molecule has 2 heterocycles. The first-order valence-corrected chi connectivity index (χ1v) is 7.95. The van der Waals surface area contributed by atoms with Crippen LogP contribution < -0.4 is 10.6 Å². The third kappa shape index (κ3) is 2.73. The summed E-state index contributed by atoms with van der Waals surface area (Å²) in [6.07, 6.45) is 2.09. The van der Waals surface area contributed by atoms with Gasteiger partial charge in [-0.3, -0.25) is 4.79 Å². The Labute approximate surface area is 149 Å². The molecule has 8 heteroatoms. The van der Waals surface area contributed by atoms with Gasteiger partial charge in [0.25, 0.3) is 5.91 Å². The second-order valence-electron chi connectivity index (χ2n) is 5.91. The van der Waals surface area contributed by atoms with Crippen LogP contribution in [0.5, 0.6) is 0 Å². The minimum atomic E-state index is -0.708. The van der Waals surface area contributed by atoms with E-state index in [1.807, 2.05) is 13.0 Å². The van der Waals surface area contributed by atoms with Crippen LogP contribution in [0.2, 0.25) is 0 Å². The summed E-state index contributed by atoms with van der Waals surface area (Å²) in [5, 5.41) is 9.05. The number of benzene rings is 1. The maximum atomic E-state index is 14.7. The number of primary amides is 1. The van der Waals surface area contributed by atoms with Gasteiger partial charge in [0.15, 0.2) is 5.69 Å². The standard InChI is InChI=1S/C18H17FN6O/c1-4-11-5-10(8-20)6-12(19)17(11)25(3)14-7-13-15(22-9-24(13)2)16(23-14)18(21)26/h5-7,9H,4H2,1-3H3,(H2,21,26). The maximum Gasteiger partial charge on any atom is 0.269 e. The minimum absolute atomic E-state index is 0.0250. The van der Waals surface area contributed by atoms with Gasteiger partial charge in [-0.1, -0.05) is 6.92 Å². The molecule has 0 saturated heterocycles. The number of nitriles is 1. The fourth-order valence-corrected chi connectivity index (χ4v) is 2.94. The number of nitrogens with two attached hydrogens (primary N) is 1. The average molecular weight is 352 g/mol. The Morgan fingerprint density at radius 3 is 2.77 bits per heavy atom. The van der Waals surface area contributed by atoms with E-state index < -0.39 is 11.7 Å². The first-order chi connectivity index (χ1) is 12.4. The smallest absolute Gasteiger partial charge is 0.269 e. The van der Waals surface area contributed by atoms with Gasteiger partial charge in [0, 0.05) is 20.2 Å². The lowest BCUT2D eigenvalue weighted by Crippen LogP contribution is -2.19. The molecule has 0 radical (unpaired) electrons. The van der Waals surface area contributed by atoms with Gasteiger partial charge < -0.3 is 15.2 Å². The molecule has 2 N–H and O–H groups in total. The minimum Gasteiger partial charge on any atom is -0.364 e. The summed E-state index contributed by atoms with van der Waals surface area (Å²) >= 11 is 0. The predicted octanol–water partition coefficient (Wildman–Crippen LogP) is 2.41. The zero-order valence-electron chi connectivity index (χ0n) is 14.6. The third-order valence-corrected chi connectivity index (χ3v) is 4.26. The van der Waals surface area contributed by atoms with Crippen molar-refractivity contribution >= 4 is 28.4 Å². The van der Waals surface area contributed by atoms with E-state index in [0.717, 1.165) is 0 Å². The lowest BCUT2D eigenvalue weighted by atomic mass is 10.1. The number of anilines is 2. The molecular formula is C18H17FN6O. The molecule has 2 aromatic heterocycles. The number of nitrogens with zero attached hydrogens (tertiary/aromatic N) is 5. The van der Waals surface area contributed by atoms with E-state index in [2.05, 4.69) is 9.97 Å². The molecule has 0 atom stereocenters. The highest BCUT2D eigenvalue weighted by Gasteiger charge is 2.20. The molecule has 0 fully saturated rings. The monoisotopic (exact) mass is 352 g/mol. The first-order valence-electron chi connectivity index (χ1n) is 7.95. The highest BCUT2D eigenvalue weighted by atomic mass is 19.1. The van der Waals surface area contributed by atoms with Gasteiger partial charge in [0.05, 0.1) is 29.2 Å². The summed E-state index contributed by atoms with van der Waals surface area (Å²) in [5.74, 6) is -0.885. The normalized spacial score (nSPS) is 10.7. The van der Waals surface area contributed by atoms with Gasteiger partial charge in [-0.25, -0.2) is 14.4 Å². The van der Waals surface area contributed by atoms with Crippen molar-refractivity contribution in [3.63, 3.8) is 0 Å². The van der Waals surface area contributed by atoms with Gasteiger partial charge in [-0.05, 0) is 24.1 Å². The average Bonchev–Trinajstić information content (AvgIpc) is 3.00. The van der Waals surface area contributed by atoms with Gasteiger partial charge in [-0.15, -0.1) is 0 Å². The Morgan fingerprint density at radius 1 is 1.42 bits per heavy atom. The van der Waals surface area contributed by atoms with Crippen LogP contribution in [0.4, 0.5) is 15.9 Å². The Kier molecular flexibility index (Phi) is 4.30. The quantitative estimate of drug-likeness (QED) is 0.777. The molecule has 0 aliphatic heterocycles. The number of hydrogen-bond acceptors (Lipinski definition) is 5. The number of fused-ring (bicyclic) bond motifs is 1. The number of carbonyl (C=O) groups excluding carboxylic acids is 1. The van der Waals surface area contributed by atoms with Crippen LogP contribution in [0.1, 0.15) is 28.5 Å². The van der Waals surface area contributed by atoms with Crippen LogP contribution in [0, 0.1) is 17.1 Å². The van der Waals surface area contributed by atoms with Crippen molar-refractivity contribution in [2.45, 2.75) is 13.3 Å². The number of aromatic nitrogens is 3. The number of rotatable bonds is 4. The second kappa shape index (κ2) is 6.44. The number of hydrogen-bond donors (Lipinski definition) is 1.